The van der Waals surface area contributed by atoms with Gasteiger partial charge >= 0.3 is 0 Å². The molecule has 1 aliphatic heterocycles. The van der Waals surface area contributed by atoms with Crippen molar-refractivity contribution in [3.63, 3.8) is 0 Å². The molecular weight excluding hydrogens is 334 g/mol. The van der Waals surface area contributed by atoms with E-state index < -0.39 is 0 Å². The van der Waals surface area contributed by atoms with Gasteiger partial charge in [0.15, 0.2) is 0 Å². The molecule has 0 amide bonds. The second-order valence-electron chi connectivity index (χ2n) is 6.90. The molecule has 5 nitrogen and oxygen atoms in total. The Morgan fingerprint density at radius 3 is 2.36 bits per heavy atom. The van der Waals surface area contributed by atoms with Crippen molar-refractivity contribution in [2.75, 3.05) is 45.2 Å². The molecule has 1 saturated heterocycles. The van der Waals surface area contributed by atoms with Crippen molar-refractivity contribution in [2.24, 2.45) is 0 Å². The predicted molar refractivity (Wildman–Crippen MR) is 103 cm³/mol. The highest BCUT2D eigenvalue weighted by atomic mass is 35.5. The summed E-state index contributed by atoms with van der Waals surface area (Å²) in [5.74, 6) is 0.905. The molecule has 1 fully saturated rings. The van der Waals surface area contributed by atoms with Gasteiger partial charge in [0.25, 0.3) is 0 Å². The molecule has 0 N–H and O–H groups in total. The molecule has 1 aromatic carbocycles. The number of anilines is 1. The molecule has 0 saturated carbocycles. The predicted octanol–water partition coefficient (Wildman–Crippen LogP) is 2.82. The Morgan fingerprint density at radius 2 is 1.72 bits per heavy atom. The molecule has 1 aromatic heterocycles. The summed E-state index contributed by atoms with van der Waals surface area (Å²) in [6.07, 6.45) is 1.53. The summed E-state index contributed by atoms with van der Waals surface area (Å²) >= 11 is 6.33. The van der Waals surface area contributed by atoms with Crippen molar-refractivity contribution in [2.45, 2.75) is 20.0 Å². The number of piperazine rings is 1. The first-order valence-corrected chi connectivity index (χ1v) is 9.07. The molecule has 0 bridgehead atoms. The average Bonchev–Trinajstić information content (AvgIpc) is 2.58. The monoisotopic (exact) mass is 359 g/mol. The number of hydrogen-bond acceptors (Lipinski definition) is 5. The van der Waals surface area contributed by atoms with E-state index in [9.17, 15) is 0 Å². The van der Waals surface area contributed by atoms with Crippen LogP contribution in [-0.2, 0) is 13.1 Å². The fourth-order valence-corrected chi connectivity index (χ4v) is 3.49. The molecule has 0 unspecified atom stereocenters. The van der Waals surface area contributed by atoms with Crippen molar-refractivity contribution in [1.82, 2.24) is 19.8 Å². The Balaban J connectivity index is 1.58. The zero-order chi connectivity index (χ0) is 17.8. The van der Waals surface area contributed by atoms with Crippen LogP contribution in [0.4, 0.5) is 5.82 Å². The summed E-state index contributed by atoms with van der Waals surface area (Å²) < 4.78 is 0. The lowest BCUT2D eigenvalue weighted by molar-refractivity contribution is 0.122. The van der Waals surface area contributed by atoms with Crippen molar-refractivity contribution in [3.8, 4) is 0 Å². The third-order valence-electron chi connectivity index (χ3n) is 4.63. The van der Waals surface area contributed by atoms with Gasteiger partial charge in [0.2, 0.25) is 0 Å². The topological polar surface area (TPSA) is 35.5 Å². The van der Waals surface area contributed by atoms with Crippen molar-refractivity contribution < 1.29 is 0 Å². The van der Waals surface area contributed by atoms with Crippen LogP contribution in [0.15, 0.2) is 30.6 Å². The number of rotatable bonds is 5. The van der Waals surface area contributed by atoms with Gasteiger partial charge in [-0.2, -0.15) is 0 Å². The van der Waals surface area contributed by atoms with E-state index >= 15 is 0 Å². The lowest BCUT2D eigenvalue weighted by atomic mass is 10.1. The molecule has 0 spiro atoms. The summed E-state index contributed by atoms with van der Waals surface area (Å²) in [5, 5.41) is 0.556. The molecule has 0 radical (unpaired) electrons. The SMILES string of the molecule is Cc1cccc(CN2CCN(Cc3c(Cl)ncnc3N(C)C)CC2)c1. The second-order valence-corrected chi connectivity index (χ2v) is 7.26. The van der Waals surface area contributed by atoms with Gasteiger partial charge in [0, 0.05) is 58.9 Å². The lowest BCUT2D eigenvalue weighted by Crippen LogP contribution is -2.45. The van der Waals surface area contributed by atoms with E-state index in [0.717, 1.165) is 50.6 Å². The van der Waals surface area contributed by atoms with Gasteiger partial charge in [-0.25, -0.2) is 9.97 Å². The molecule has 2 heterocycles. The Morgan fingerprint density at radius 1 is 1.04 bits per heavy atom. The van der Waals surface area contributed by atoms with E-state index in [1.807, 2.05) is 19.0 Å². The van der Waals surface area contributed by atoms with Crippen molar-refractivity contribution in [1.29, 1.82) is 0 Å². The fourth-order valence-electron chi connectivity index (χ4n) is 3.30. The number of hydrogen-bond donors (Lipinski definition) is 0. The zero-order valence-electron chi connectivity index (χ0n) is 15.2. The number of benzene rings is 1. The van der Waals surface area contributed by atoms with Crippen LogP contribution in [0.5, 0.6) is 0 Å². The van der Waals surface area contributed by atoms with Crippen LogP contribution in [-0.4, -0.2) is 60.0 Å². The Bertz CT molecular complexity index is 711. The fraction of sp³-hybridized carbons (Fsp3) is 0.474. The normalized spacial score (nSPS) is 16.2. The van der Waals surface area contributed by atoms with Gasteiger partial charge in [0.05, 0.1) is 0 Å². The first-order chi connectivity index (χ1) is 12.0. The minimum atomic E-state index is 0.556. The molecule has 2 aromatic rings. The molecule has 0 aliphatic carbocycles. The Labute approximate surface area is 155 Å². The number of aryl methyl sites for hydroxylation is 1. The van der Waals surface area contributed by atoms with Crippen molar-refractivity contribution >= 4 is 17.4 Å². The lowest BCUT2D eigenvalue weighted by Gasteiger charge is -2.35. The van der Waals surface area contributed by atoms with Crippen LogP contribution in [0.25, 0.3) is 0 Å². The van der Waals surface area contributed by atoms with E-state index in [4.69, 9.17) is 11.6 Å². The van der Waals surface area contributed by atoms with Crippen LogP contribution in [0, 0.1) is 6.92 Å². The van der Waals surface area contributed by atoms with Gasteiger partial charge in [-0.05, 0) is 12.5 Å². The van der Waals surface area contributed by atoms with E-state index in [1.54, 1.807) is 0 Å². The molecule has 134 valence electrons. The van der Waals surface area contributed by atoms with E-state index in [2.05, 4.69) is 51.0 Å². The van der Waals surface area contributed by atoms with Crippen LogP contribution in [0.2, 0.25) is 5.15 Å². The zero-order valence-corrected chi connectivity index (χ0v) is 16.0. The highest BCUT2D eigenvalue weighted by molar-refractivity contribution is 6.30. The molecule has 3 rings (SSSR count). The van der Waals surface area contributed by atoms with E-state index in [-0.39, 0.29) is 0 Å². The van der Waals surface area contributed by atoms with Gasteiger partial charge in [-0.1, -0.05) is 41.4 Å². The second kappa shape index (κ2) is 8.13. The standard InChI is InChI=1S/C19H26ClN5/c1-15-5-4-6-16(11-15)12-24-7-9-25(10-8-24)13-17-18(20)21-14-22-19(17)23(2)3/h4-6,11,14H,7-10,12-13H2,1-3H3. The van der Waals surface area contributed by atoms with Gasteiger partial charge in [-0.15, -0.1) is 0 Å². The largest absolute Gasteiger partial charge is 0.362 e. The van der Waals surface area contributed by atoms with Gasteiger partial charge in [0.1, 0.15) is 17.3 Å². The minimum absolute atomic E-state index is 0.556. The summed E-state index contributed by atoms with van der Waals surface area (Å²) in [6, 6.07) is 8.77. The number of halogens is 1. The average molecular weight is 360 g/mol. The summed E-state index contributed by atoms with van der Waals surface area (Å²) in [5.41, 5.74) is 3.73. The molecule has 1 aliphatic rings. The van der Waals surface area contributed by atoms with E-state index in [1.165, 1.54) is 17.5 Å². The molecular formula is C19H26ClN5. The van der Waals surface area contributed by atoms with Crippen LogP contribution in [0.3, 0.4) is 0 Å². The summed E-state index contributed by atoms with van der Waals surface area (Å²) in [4.78, 5) is 15.5. The quantitative estimate of drug-likeness (QED) is 0.767. The third-order valence-corrected chi connectivity index (χ3v) is 4.95. The maximum Gasteiger partial charge on any atom is 0.139 e. The van der Waals surface area contributed by atoms with Crippen LogP contribution in [0.1, 0.15) is 16.7 Å². The van der Waals surface area contributed by atoms with Gasteiger partial charge in [-0.3, -0.25) is 9.80 Å². The highest BCUT2D eigenvalue weighted by Crippen LogP contribution is 2.24. The summed E-state index contributed by atoms with van der Waals surface area (Å²) in [6.45, 7) is 8.16. The first-order valence-electron chi connectivity index (χ1n) is 8.70. The van der Waals surface area contributed by atoms with E-state index in [0.29, 0.717) is 5.15 Å². The summed E-state index contributed by atoms with van der Waals surface area (Å²) in [7, 11) is 3.98. The van der Waals surface area contributed by atoms with Gasteiger partial charge < -0.3 is 4.90 Å². The highest BCUT2D eigenvalue weighted by Gasteiger charge is 2.20. The minimum Gasteiger partial charge on any atom is -0.362 e. The molecule has 25 heavy (non-hydrogen) atoms. The maximum atomic E-state index is 6.33. The first kappa shape index (κ1) is 18.1. The molecule has 0 atom stereocenters. The Kier molecular flexibility index (Phi) is 5.89. The third kappa shape index (κ3) is 4.69. The maximum absolute atomic E-state index is 6.33. The number of nitrogens with zero attached hydrogens (tertiary/aromatic N) is 5. The number of aromatic nitrogens is 2. The molecule has 6 heteroatoms. The van der Waals surface area contributed by atoms with Crippen molar-refractivity contribution in [3.05, 3.63) is 52.4 Å². The Hall–Kier alpha value is -1.69. The smallest absolute Gasteiger partial charge is 0.139 e. The van der Waals surface area contributed by atoms with Crippen LogP contribution < -0.4 is 4.90 Å². The van der Waals surface area contributed by atoms with Crippen LogP contribution >= 0.6 is 11.6 Å².